The Balaban J connectivity index is 1.60. The second kappa shape index (κ2) is 11.4. The number of hydrogen-bond donors (Lipinski definition) is 1. The summed E-state index contributed by atoms with van der Waals surface area (Å²) in [4.78, 5) is 33.3. The van der Waals surface area contributed by atoms with E-state index in [4.69, 9.17) is 4.74 Å². The Bertz CT molecular complexity index is 1590. The second-order valence-electron chi connectivity index (χ2n) is 10.8. The van der Waals surface area contributed by atoms with Gasteiger partial charge in [-0.3, -0.25) is 9.59 Å². The van der Waals surface area contributed by atoms with Gasteiger partial charge >= 0.3 is 0 Å². The quantitative estimate of drug-likeness (QED) is 0.160. The number of amides is 1. The van der Waals surface area contributed by atoms with E-state index in [2.05, 4.69) is 18.8 Å². The van der Waals surface area contributed by atoms with E-state index in [1.165, 1.54) is 0 Å². The lowest BCUT2D eigenvalue weighted by atomic mass is 9.96. The Labute approximate surface area is 234 Å². The molecule has 1 atom stereocenters. The summed E-state index contributed by atoms with van der Waals surface area (Å²) in [5, 5.41) is 11.7. The fourth-order valence-electron chi connectivity index (χ4n) is 5.21. The minimum Gasteiger partial charge on any atom is -0.505 e. The number of carbonyl (C=O) groups excluding carboxylic acids is 2. The number of carbonyl (C=O) groups is 2. The van der Waals surface area contributed by atoms with Crippen LogP contribution in [0.5, 0.6) is 5.75 Å². The smallest absolute Gasteiger partial charge is 0.295 e. The molecule has 1 saturated heterocycles. The molecule has 2 aromatic heterocycles. The molecule has 0 radical (unpaired) electrons. The van der Waals surface area contributed by atoms with Gasteiger partial charge in [0.15, 0.2) is 5.76 Å². The van der Waals surface area contributed by atoms with Crippen LogP contribution in [0.15, 0.2) is 78.5 Å². The van der Waals surface area contributed by atoms with E-state index in [0.29, 0.717) is 53.8 Å². The lowest BCUT2D eigenvalue weighted by molar-refractivity contribution is -0.139. The normalized spacial score (nSPS) is 16.8. The average molecular weight is 538 g/mol. The molecular formula is C33H35N3O4. The summed E-state index contributed by atoms with van der Waals surface area (Å²) in [5.74, 6) is -0.449. The third kappa shape index (κ3) is 5.24. The van der Waals surface area contributed by atoms with Gasteiger partial charge in [-0.15, -0.1) is 0 Å². The molecular weight excluding hydrogens is 502 g/mol. The first-order valence-electron chi connectivity index (χ1n) is 13.8. The van der Waals surface area contributed by atoms with Crippen LogP contribution in [0.4, 0.5) is 0 Å². The molecule has 2 aromatic carbocycles. The highest BCUT2D eigenvalue weighted by Crippen LogP contribution is 2.40. The highest BCUT2D eigenvalue weighted by Gasteiger charge is 2.46. The highest BCUT2D eigenvalue weighted by molar-refractivity contribution is 6.46. The van der Waals surface area contributed by atoms with Crippen molar-refractivity contribution in [2.75, 3.05) is 13.2 Å². The predicted molar refractivity (Wildman–Crippen MR) is 155 cm³/mol. The number of pyridine rings is 1. The maximum absolute atomic E-state index is 13.6. The zero-order valence-electron chi connectivity index (χ0n) is 23.4. The molecule has 1 unspecified atom stereocenters. The van der Waals surface area contributed by atoms with Gasteiger partial charge in [0.1, 0.15) is 17.1 Å². The third-order valence-electron chi connectivity index (χ3n) is 7.47. The Morgan fingerprint density at radius 3 is 2.52 bits per heavy atom. The number of ether oxygens (including phenoxy) is 1. The van der Waals surface area contributed by atoms with E-state index in [9.17, 15) is 14.7 Å². The van der Waals surface area contributed by atoms with Crippen molar-refractivity contribution in [3.63, 3.8) is 0 Å². The van der Waals surface area contributed by atoms with Gasteiger partial charge in [0, 0.05) is 12.7 Å². The molecule has 0 saturated carbocycles. The van der Waals surface area contributed by atoms with E-state index in [-0.39, 0.29) is 11.3 Å². The number of aliphatic hydroxyl groups excluding tert-OH is 1. The SMILES string of the molecule is Cc1cccn2c(C)c(/C(O)=C3\C(=O)C(=O)N(CCc4ccccc4)C3c3cccc(OCCC(C)C)c3)nc12. The first kappa shape index (κ1) is 27.2. The van der Waals surface area contributed by atoms with Crippen molar-refractivity contribution < 1.29 is 19.4 Å². The van der Waals surface area contributed by atoms with Gasteiger partial charge in [-0.1, -0.05) is 62.4 Å². The molecule has 1 fully saturated rings. The van der Waals surface area contributed by atoms with Gasteiger partial charge in [-0.2, -0.15) is 0 Å². The zero-order chi connectivity index (χ0) is 28.4. The van der Waals surface area contributed by atoms with E-state index in [1.807, 2.05) is 91.2 Å². The molecule has 1 aliphatic rings. The first-order chi connectivity index (χ1) is 19.3. The second-order valence-corrected chi connectivity index (χ2v) is 10.8. The van der Waals surface area contributed by atoms with Crippen molar-refractivity contribution in [1.29, 1.82) is 0 Å². The van der Waals surface area contributed by atoms with Gasteiger partial charge in [-0.25, -0.2) is 4.98 Å². The molecule has 4 aromatic rings. The van der Waals surface area contributed by atoms with Crippen LogP contribution in [-0.2, 0) is 16.0 Å². The lowest BCUT2D eigenvalue weighted by Gasteiger charge is -2.25. The van der Waals surface area contributed by atoms with Gasteiger partial charge in [-0.05, 0) is 67.5 Å². The summed E-state index contributed by atoms with van der Waals surface area (Å²) >= 11 is 0. The van der Waals surface area contributed by atoms with Crippen LogP contribution < -0.4 is 4.74 Å². The monoisotopic (exact) mass is 537 g/mol. The summed E-state index contributed by atoms with van der Waals surface area (Å²) in [5.41, 5.74) is 4.42. The van der Waals surface area contributed by atoms with Gasteiger partial charge < -0.3 is 19.1 Å². The number of hydrogen-bond acceptors (Lipinski definition) is 5. The average Bonchev–Trinajstić information content (AvgIpc) is 3.42. The van der Waals surface area contributed by atoms with Gasteiger partial charge in [0.25, 0.3) is 11.7 Å². The number of aliphatic hydroxyl groups is 1. The van der Waals surface area contributed by atoms with Gasteiger partial charge in [0.2, 0.25) is 0 Å². The molecule has 206 valence electrons. The van der Waals surface area contributed by atoms with Crippen molar-refractivity contribution in [2.24, 2.45) is 5.92 Å². The molecule has 7 heteroatoms. The van der Waals surface area contributed by atoms with Crippen molar-refractivity contribution in [2.45, 2.75) is 46.6 Å². The lowest BCUT2D eigenvalue weighted by Crippen LogP contribution is -2.31. The van der Waals surface area contributed by atoms with Crippen molar-refractivity contribution in [3.8, 4) is 5.75 Å². The molecule has 3 heterocycles. The fraction of sp³-hybridized carbons (Fsp3) is 0.303. The standard InChI is InChI=1S/C33H35N3O4/c1-21(2)16-19-40-26-14-8-13-25(20-26)29-27(30(37)28-23(4)35-17-9-10-22(3)32(35)34-28)31(38)33(39)36(29)18-15-24-11-6-5-7-12-24/h5-14,17,20-21,29,37H,15-16,18-19H2,1-4H3/b30-27+. The maximum Gasteiger partial charge on any atom is 0.295 e. The number of fused-ring (bicyclic) bond motifs is 1. The molecule has 1 aliphatic heterocycles. The van der Waals surface area contributed by atoms with Crippen LogP contribution in [0.2, 0.25) is 0 Å². The zero-order valence-corrected chi connectivity index (χ0v) is 23.4. The van der Waals surface area contributed by atoms with Crippen LogP contribution in [0.25, 0.3) is 11.4 Å². The molecule has 1 N–H and O–H groups in total. The number of benzene rings is 2. The van der Waals surface area contributed by atoms with Gasteiger partial charge in [0.05, 0.1) is 23.9 Å². The number of ketones is 1. The first-order valence-corrected chi connectivity index (χ1v) is 13.8. The number of nitrogens with zero attached hydrogens (tertiary/aromatic N) is 3. The Morgan fingerprint density at radius 1 is 1.02 bits per heavy atom. The van der Waals surface area contributed by atoms with Crippen LogP contribution in [0.1, 0.15) is 54.4 Å². The van der Waals surface area contributed by atoms with Crippen LogP contribution in [-0.4, -0.2) is 44.2 Å². The summed E-state index contributed by atoms with van der Waals surface area (Å²) in [7, 11) is 0. The van der Waals surface area contributed by atoms with Crippen molar-refractivity contribution in [1.82, 2.24) is 14.3 Å². The molecule has 40 heavy (non-hydrogen) atoms. The fourth-order valence-corrected chi connectivity index (χ4v) is 5.21. The Hall–Kier alpha value is -4.39. The van der Waals surface area contributed by atoms with Crippen molar-refractivity contribution in [3.05, 3.63) is 107 Å². The largest absolute Gasteiger partial charge is 0.505 e. The molecule has 7 nitrogen and oxygen atoms in total. The summed E-state index contributed by atoms with van der Waals surface area (Å²) in [6, 6.07) is 20.4. The number of Topliss-reactive ketones (excluding diaryl/α,β-unsaturated/α-hetero) is 1. The minimum atomic E-state index is -0.775. The van der Waals surface area contributed by atoms with Crippen LogP contribution in [0.3, 0.4) is 0 Å². The number of rotatable bonds is 9. The van der Waals surface area contributed by atoms with Crippen LogP contribution in [0, 0.1) is 19.8 Å². The molecule has 0 aliphatic carbocycles. The maximum atomic E-state index is 13.6. The third-order valence-corrected chi connectivity index (χ3v) is 7.47. The molecule has 5 rings (SSSR count). The number of aromatic nitrogens is 2. The molecule has 1 amide bonds. The predicted octanol–water partition coefficient (Wildman–Crippen LogP) is 6.04. The Morgan fingerprint density at radius 2 is 1.80 bits per heavy atom. The van der Waals surface area contributed by atoms with E-state index in [1.54, 1.807) is 4.90 Å². The van der Waals surface area contributed by atoms with Crippen molar-refractivity contribution >= 4 is 23.1 Å². The summed E-state index contributed by atoms with van der Waals surface area (Å²) in [6.45, 7) is 8.95. The van der Waals surface area contributed by atoms with E-state index < -0.39 is 17.7 Å². The topological polar surface area (TPSA) is 84.1 Å². The Kier molecular flexibility index (Phi) is 7.74. The summed E-state index contributed by atoms with van der Waals surface area (Å²) in [6.07, 6.45) is 3.35. The summed E-state index contributed by atoms with van der Waals surface area (Å²) < 4.78 is 7.89. The highest BCUT2D eigenvalue weighted by atomic mass is 16.5. The van der Waals surface area contributed by atoms with Crippen LogP contribution >= 0.6 is 0 Å². The number of likely N-dealkylation sites (tertiary alicyclic amines) is 1. The van der Waals surface area contributed by atoms with E-state index in [0.717, 1.165) is 17.5 Å². The minimum absolute atomic E-state index is 0.0431. The number of imidazole rings is 1. The van der Waals surface area contributed by atoms with E-state index >= 15 is 0 Å². The molecule has 0 bridgehead atoms. The number of aryl methyl sites for hydroxylation is 2. The molecule has 0 spiro atoms.